The molecule has 0 heterocycles. The molecule has 0 atom stereocenters. The van der Waals surface area contributed by atoms with Crippen LogP contribution in [0.25, 0.3) is 0 Å². The molecule has 2 amide bonds. The molecular weight excluding hydrogens is 386 g/mol. The third-order valence-corrected chi connectivity index (χ3v) is 4.61. The van der Waals surface area contributed by atoms with Crippen LogP contribution in [0.15, 0.2) is 77.9 Å². The van der Waals surface area contributed by atoms with Gasteiger partial charge in [-0.05, 0) is 67.4 Å². The Morgan fingerprint density at radius 2 is 1.59 bits per heavy atom. The normalized spacial score (nSPS) is 11.1. The molecule has 6 heteroatoms. The van der Waals surface area contributed by atoms with Crippen molar-refractivity contribution >= 4 is 34.8 Å². The molecule has 3 rings (SSSR count). The van der Waals surface area contributed by atoms with Gasteiger partial charge in [-0.25, -0.2) is 5.43 Å². The minimum absolute atomic E-state index is 0.235. The van der Waals surface area contributed by atoms with E-state index in [1.807, 2.05) is 37.3 Å². The molecule has 29 heavy (non-hydrogen) atoms. The first kappa shape index (κ1) is 20.3. The van der Waals surface area contributed by atoms with E-state index >= 15 is 0 Å². The van der Waals surface area contributed by atoms with Gasteiger partial charge in [-0.2, -0.15) is 5.10 Å². The number of carbonyl (C=O) groups is 2. The third kappa shape index (κ3) is 5.30. The van der Waals surface area contributed by atoms with Gasteiger partial charge in [-0.3, -0.25) is 9.59 Å². The summed E-state index contributed by atoms with van der Waals surface area (Å²) in [5.74, 6) is -0.504. The van der Waals surface area contributed by atoms with Crippen molar-refractivity contribution in [3.05, 3.63) is 100 Å². The van der Waals surface area contributed by atoms with Crippen molar-refractivity contribution in [1.82, 2.24) is 5.43 Å². The van der Waals surface area contributed by atoms with E-state index in [1.54, 1.807) is 49.4 Å². The Morgan fingerprint density at radius 3 is 2.31 bits per heavy atom. The molecule has 3 aromatic carbocycles. The first-order valence-corrected chi connectivity index (χ1v) is 9.39. The molecule has 0 saturated carbocycles. The molecule has 2 N–H and O–H groups in total. The van der Waals surface area contributed by atoms with Crippen molar-refractivity contribution in [2.24, 2.45) is 5.10 Å². The van der Waals surface area contributed by atoms with Gasteiger partial charge in [0, 0.05) is 21.8 Å². The molecule has 0 saturated heterocycles. The smallest absolute Gasteiger partial charge is 0.271 e. The van der Waals surface area contributed by atoms with E-state index in [9.17, 15) is 9.59 Å². The standard InChI is InChI=1S/C23H20ClN3O2/c1-15-6-3-4-9-21(15)23(29)27-26-16(2)18-7-5-8-20(14-18)25-22(28)17-10-12-19(24)13-11-17/h3-14H,1-2H3,(H,25,28)(H,27,29). The second-order valence-electron chi connectivity index (χ2n) is 6.49. The minimum atomic E-state index is -0.269. The summed E-state index contributed by atoms with van der Waals surface area (Å²) in [7, 11) is 0. The van der Waals surface area contributed by atoms with Crippen LogP contribution >= 0.6 is 11.6 Å². The number of halogens is 1. The van der Waals surface area contributed by atoms with Crippen LogP contribution < -0.4 is 10.7 Å². The Kier molecular flexibility index (Phi) is 6.42. The van der Waals surface area contributed by atoms with Crippen LogP contribution in [0.5, 0.6) is 0 Å². The number of rotatable bonds is 5. The number of hydrogen-bond acceptors (Lipinski definition) is 3. The summed E-state index contributed by atoms with van der Waals surface area (Å²) in [5.41, 5.74) is 6.57. The number of nitrogens with zero attached hydrogens (tertiary/aromatic N) is 1. The van der Waals surface area contributed by atoms with Crippen LogP contribution in [0.4, 0.5) is 5.69 Å². The SMILES string of the molecule is CC(=NNC(=O)c1ccccc1C)c1cccc(NC(=O)c2ccc(Cl)cc2)c1. The van der Waals surface area contributed by atoms with Gasteiger partial charge in [0.25, 0.3) is 11.8 Å². The molecule has 146 valence electrons. The fraction of sp³-hybridized carbons (Fsp3) is 0.0870. The molecule has 0 fully saturated rings. The number of hydrogen-bond donors (Lipinski definition) is 2. The molecule has 3 aromatic rings. The average Bonchev–Trinajstić information content (AvgIpc) is 2.72. The number of amides is 2. The summed E-state index contributed by atoms with van der Waals surface area (Å²) in [6, 6.07) is 21.2. The van der Waals surface area contributed by atoms with E-state index in [0.717, 1.165) is 11.1 Å². The largest absolute Gasteiger partial charge is 0.322 e. The highest BCUT2D eigenvalue weighted by Gasteiger charge is 2.09. The molecule has 0 aliphatic rings. The highest BCUT2D eigenvalue weighted by molar-refractivity contribution is 6.30. The van der Waals surface area contributed by atoms with E-state index in [4.69, 9.17) is 11.6 Å². The zero-order valence-electron chi connectivity index (χ0n) is 16.1. The van der Waals surface area contributed by atoms with Crippen molar-refractivity contribution < 1.29 is 9.59 Å². The van der Waals surface area contributed by atoms with Crippen LogP contribution in [0.1, 0.15) is 38.8 Å². The summed E-state index contributed by atoms with van der Waals surface area (Å²) in [6.45, 7) is 3.66. The second kappa shape index (κ2) is 9.17. The quantitative estimate of drug-likeness (QED) is 0.460. The Labute approximate surface area is 174 Å². The van der Waals surface area contributed by atoms with Gasteiger partial charge in [-0.15, -0.1) is 0 Å². The molecule has 5 nitrogen and oxygen atoms in total. The van der Waals surface area contributed by atoms with Gasteiger partial charge in [0.2, 0.25) is 0 Å². The molecule has 0 radical (unpaired) electrons. The molecule has 0 spiro atoms. The lowest BCUT2D eigenvalue weighted by molar-refractivity contribution is 0.0953. The first-order valence-electron chi connectivity index (χ1n) is 9.01. The van der Waals surface area contributed by atoms with Crippen LogP contribution in [0, 0.1) is 6.92 Å². The number of anilines is 1. The van der Waals surface area contributed by atoms with Gasteiger partial charge < -0.3 is 5.32 Å². The number of nitrogens with one attached hydrogen (secondary N) is 2. The first-order chi connectivity index (χ1) is 13.9. The van der Waals surface area contributed by atoms with E-state index in [1.165, 1.54) is 0 Å². The van der Waals surface area contributed by atoms with Crippen LogP contribution in [0.3, 0.4) is 0 Å². The van der Waals surface area contributed by atoms with Crippen LogP contribution in [-0.4, -0.2) is 17.5 Å². The van der Waals surface area contributed by atoms with Crippen molar-refractivity contribution in [1.29, 1.82) is 0 Å². The van der Waals surface area contributed by atoms with E-state index in [0.29, 0.717) is 27.5 Å². The van der Waals surface area contributed by atoms with Gasteiger partial charge in [-0.1, -0.05) is 41.9 Å². The monoisotopic (exact) mass is 405 g/mol. The fourth-order valence-corrected chi connectivity index (χ4v) is 2.84. The molecule has 0 aliphatic carbocycles. The minimum Gasteiger partial charge on any atom is -0.322 e. The Bertz CT molecular complexity index is 1080. The predicted molar refractivity (Wildman–Crippen MR) is 117 cm³/mol. The average molecular weight is 406 g/mol. The summed E-state index contributed by atoms with van der Waals surface area (Å²) in [5, 5.41) is 7.61. The van der Waals surface area contributed by atoms with Gasteiger partial charge in [0.05, 0.1) is 5.71 Å². The van der Waals surface area contributed by atoms with Gasteiger partial charge in [0.1, 0.15) is 0 Å². The van der Waals surface area contributed by atoms with Gasteiger partial charge in [0.15, 0.2) is 0 Å². The van der Waals surface area contributed by atoms with Gasteiger partial charge >= 0.3 is 0 Å². The highest BCUT2D eigenvalue weighted by Crippen LogP contribution is 2.15. The maximum atomic E-state index is 12.4. The molecule has 0 bridgehead atoms. The number of aryl methyl sites for hydroxylation is 1. The van der Waals surface area contributed by atoms with Crippen molar-refractivity contribution in [3.8, 4) is 0 Å². The van der Waals surface area contributed by atoms with E-state index in [2.05, 4.69) is 15.8 Å². The second-order valence-corrected chi connectivity index (χ2v) is 6.93. The maximum Gasteiger partial charge on any atom is 0.271 e. The van der Waals surface area contributed by atoms with E-state index < -0.39 is 0 Å². The molecule has 0 unspecified atom stereocenters. The zero-order valence-corrected chi connectivity index (χ0v) is 16.8. The number of carbonyl (C=O) groups excluding carboxylic acids is 2. The highest BCUT2D eigenvalue weighted by atomic mass is 35.5. The summed E-state index contributed by atoms with van der Waals surface area (Å²) < 4.78 is 0. The Balaban J connectivity index is 1.70. The Hall–Kier alpha value is -3.44. The third-order valence-electron chi connectivity index (χ3n) is 4.36. The lowest BCUT2D eigenvalue weighted by atomic mass is 10.1. The van der Waals surface area contributed by atoms with Crippen molar-refractivity contribution in [3.63, 3.8) is 0 Å². The summed E-state index contributed by atoms with van der Waals surface area (Å²) in [4.78, 5) is 24.7. The summed E-state index contributed by atoms with van der Waals surface area (Å²) in [6.07, 6.45) is 0. The fourth-order valence-electron chi connectivity index (χ4n) is 2.71. The summed E-state index contributed by atoms with van der Waals surface area (Å²) >= 11 is 5.86. The zero-order chi connectivity index (χ0) is 20.8. The van der Waals surface area contributed by atoms with Crippen molar-refractivity contribution in [2.75, 3.05) is 5.32 Å². The molecule has 0 aromatic heterocycles. The topological polar surface area (TPSA) is 70.6 Å². The molecular formula is C23H20ClN3O2. The van der Waals surface area contributed by atoms with Crippen LogP contribution in [0.2, 0.25) is 5.02 Å². The van der Waals surface area contributed by atoms with Crippen LogP contribution in [-0.2, 0) is 0 Å². The number of benzene rings is 3. The Morgan fingerprint density at radius 1 is 0.862 bits per heavy atom. The lowest BCUT2D eigenvalue weighted by Crippen LogP contribution is -2.20. The van der Waals surface area contributed by atoms with Crippen molar-refractivity contribution in [2.45, 2.75) is 13.8 Å². The molecule has 0 aliphatic heterocycles. The lowest BCUT2D eigenvalue weighted by Gasteiger charge is -2.08. The maximum absolute atomic E-state index is 12.4. The van der Waals surface area contributed by atoms with E-state index in [-0.39, 0.29) is 11.8 Å². The number of hydrazone groups is 1. The predicted octanol–water partition coefficient (Wildman–Crippen LogP) is 5.05.